The van der Waals surface area contributed by atoms with Gasteiger partial charge < -0.3 is 0 Å². The minimum Gasteiger partial charge on any atom is -0.267 e. The van der Waals surface area contributed by atoms with Crippen LogP contribution in [0, 0.1) is 13.8 Å². The van der Waals surface area contributed by atoms with Crippen LogP contribution >= 0.6 is 34.5 Å². The Morgan fingerprint density at radius 2 is 2.00 bits per heavy atom. The van der Waals surface area contributed by atoms with Crippen molar-refractivity contribution in [3.8, 4) is 0 Å². The molecule has 6 heteroatoms. The van der Waals surface area contributed by atoms with Gasteiger partial charge in [0.1, 0.15) is 0 Å². The third kappa shape index (κ3) is 2.34. The first-order valence-corrected chi connectivity index (χ1v) is 8.91. The average Bonchev–Trinajstić information content (AvgIpc) is 3.02. The number of thiazole rings is 1. The largest absolute Gasteiger partial charge is 0.274 e. The predicted octanol–water partition coefficient (Wildman–Crippen LogP) is 4.38. The molecule has 0 aliphatic rings. The number of fused-ring (bicyclic) bond motifs is 3. The van der Waals surface area contributed by atoms with E-state index >= 15 is 0 Å². The van der Waals surface area contributed by atoms with E-state index in [0.717, 1.165) is 27.7 Å². The summed E-state index contributed by atoms with van der Waals surface area (Å²) in [4.78, 5) is 18.2. The highest BCUT2D eigenvalue weighted by atomic mass is 35.5. The fourth-order valence-corrected chi connectivity index (χ4v) is 4.22. The van der Waals surface area contributed by atoms with Gasteiger partial charge in [-0.3, -0.25) is 4.79 Å². The molecule has 0 saturated heterocycles. The molecular weight excluding hydrogens is 363 g/mol. The smallest absolute Gasteiger partial charge is 0.267 e. The van der Waals surface area contributed by atoms with Gasteiger partial charge in [0.15, 0.2) is 4.96 Å². The lowest BCUT2D eigenvalue weighted by molar-refractivity contribution is 1.18. The molecule has 0 unspecified atom stereocenters. The molecule has 4 rings (SSSR count). The topological polar surface area (TPSA) is 34.4 Å². The second kappa shape index (κ2) is 5.59. The lowest BCUT2D eigenvalue weighted by Gasteiger charge is -1.99. The second-order valence-corrected chi connectivity index (χ2v) is 7.53. The Kier molecular flexibility index (Phi) is 3.64. The Morgan fingerprint density at radius 1 is 1.21 bits per heavy atom. The molecule has 3 nitrogen and oxygen atoms in total. The van der Waals surface area contributed by atoms with E-state index in [1.54, 1.807) is 16.5 Å². The van der Waals surface area contributed by atoms with Gasteiger partial charge in [0, 0.05) is 0 Å². The standard InChI is InChI=1S/C18H12Cl2N2OS/c1-9-6-10(2)16-13(7-9)22-17(23)14(24-18(22)21-16)8-11-4-3-5-12(19)15(11)20/h3-8H,1-2H3. The van der Waals surface area contributed by atoms with E-state index in [1.165, 1.54) is 11.3 Å². The Balaban J connectivity index is 2.05. The van der Waals surface area contributed by atoms with Crippen LogP contribution in [0.3, 0.4) is 0 Å². The number of imidazole rings is 1. The molecule has 0 amide bonds. The maximum Gasteiger partial charge on any atom is 0.274 e. The van der Waals surface area contributed by atoms with Crippen molar-refractivity contribution < 1.29 is 0 Å². The zero-order valence-corrected chi connectivity index (χ0v) is 15.3. The summed E-state index contributed by atoms with van der Waals surface area (Å²) in [5.41, 5.74) is 4.54. The van der Waals surface area contributed by atoms with Crippen molar-refractivity contribution in [2.45, 2.75) is 13.8 Å². The van der Waals surface area contributed by atoms with Crippen LogP contribution in [0.4, 0.5) is 0 Å². The first-order valence-electron chi connectivity index (χ1n) is 7.33. The summed E-state index contributed by atoms with van der Waals surface area (Å²) in [5, 5.41) is 0.914. The molecule has 2 aromatic carbocycles. The van der Waals surface area contributed by atoms with Crippen LogP contribution in [0.1, 0.15) is 16.7 Å². The van der Waals surface area contributed by atoms with E-state index in [2.05, 4.69) is 11.1 Å². The van der Waals surface area contributed by atoms with E-state index in [9.17, 15) is 4.79 Å². The van der Waals surface area contributed by atoms with Gasteiger partial charge in [0.2, 0.25) is 0 Å². The molecule has 2 heterocycles. The van der Waals surface area contributed by atoms with Crippen LogP contribution in [0.15, 0.2) is 35.1 Å². The number of nitrogens with zero attached hydrogens (tertiary/aromatic N) is 2. The first kappa shape index (κ1) is 15.6. The Morgan fingerprint density at radius 3 is 2.79 bits per heavy atom. The summed E-state index contributed by atoms with van der Waals surface area (Å²) in [7, 11) is 0. The van der Waals surface area contributed by atoms with Gasteiger partial charge in [-0.15, -0.1) is 0 Å². The van der Waals surface area contributed by atoms with Gasteiger partial charge in [-0.05, 0) is 48.7 Å². The van der Waals surface area contributed by atoms with Gasteiger partial charge in [-0.2, -0.15) is 0 Å². The van der Waals surface area contributed by atoms with Crippen LogP contribution < -0.4 is 10.1 Å². The van der Waals surface area contributed by atoms with Crippen LogP contribution in [-0.2, 0) is 0 Å². The van der Waals surface area contributed by atoms with E-state index in [0.29, 0.717) is 19.5 Å². The fourth-order valence-electron chi connectivity index (χ4n) is 2.88. The fraction of sp³-hybridized carbons (Fsp3) is 0.111. The van der Waals surface area contributed by atoms with E-state index in [4.69, 9.17) is 23.2 Å². The van der Waals surface area contributed by atoms with E-state index in [-0.39, 0.29) is 5.56 Å². The average molecular weight is 375 g/mol. The lowest BCUT2D eigenvalue weighted by atomic mass is 10.1. The maximum absolute atomic E-state index is 12.9. The summed E-state index contributed by atoms with van der Waals surface area (Å²) >= 11 is 13.6. The number of benzene rings is 2. The normalized spacial score (nSPS) is 12.6. The maximum atomic E-state index is 12.9. The van der Waals surface area contributed by atoms with E-state index in [1.807, 2.05) is 32.0 Å². The number of halogens is 2. The molecule has 0 bridgehead atoms. The van der Waals surface area contributed by atoms with Gasteiger partial charge in [-0.1, -0.05) is 52.7 Å². The lowest BCUT2D eigenvalue weighted by Crippen LogP contribution is -2.22. The van der Waals surface area contributed by atoms with Gasteiger partial charge in [0.25, 0.3) is 5.56 Å². The summed E-state index contributed by atoms with van der Waals surface area (Å²) in [6.07, 6.45) is 1.77. The first-order chi connectivity index (χ1) is 11.5. The summed E-state index contributed by atoms with van der Waals surface area (Å²) < 4.78 is 2.26. The second-order valence-electron chi connectivity index (χ2n) is 5.74. The molecule has 0 fully saturated rings. The summed E-state index contributed by atoms with van der Waals surface area (Å²) in [6.45, 7) is 4.02. The van der Waals surface area contributed by atoms with Crippen molar-refractivity contribution in [3.05, 3.63) is 72.0 Å². The van der Waals surface area contributed by atoms with Crippen molar-refractivity contribution in [2.75, 3.05) is 0 Å². The third-order valence-electron chi connectivity index (χ3n) is 3.95. The van der Waals surface area contributed by atoms with Crippen LogP contribution in [0.2, 0.25) is 10.0 Å². The Hall–Kier alpha value is -1.88. The van der Waals surface area contributed by atoms with Gasteiger partial charge in [0.05, 0.1) is 25.6 Å². The predicted molar refractivity (Wildman–Crippen MR) is 102 cm³/mol. The number of aryl methyl sites for hydroxylation is 2. The third-order valence-corrected chi connectivity index (χ3v) is 5.75. The molecule has 24 heavy (non-hydrogen) atoms. The zero-order valence-electron chi connectivity index (χ0n) is 12.9. The highest BCUT2D eigenvalue weighted by Crippen LogP contribution is 2.26. The van der Waals surface area contributed by atoms with Gasteiger partial charge in [-0.25, -0.2) is 9.38 Å². The molecule has 4 aromatic rings. The monoisotopic (exact) mass is 374 g/mol. The molecule has 0 atom stereocenters. The zero-order chi connectivity index (χ0) is 17.0. The van der Waals surface area contributed by atoms with Crippen molar-refractivity contribution >= 4 is 56.6 Å². The molecule has 0 saturated carbocycles. The number of aromatic nitrogens is 2. The van der Waals surface area contributed by atoms with Crippen LogP contribution in [0.25, 0.3) is 22.1 Å². The molecule has 120 valence electrons. The van der Waals surface area contributed by atoms with Crippen molar-refractivity contribution in [1.82, 2.24) is 9.38 Å². The highest BCUT2D eigenvalue weighted by molar-refractivity contribution is 7.15. The molecule has 0 N–H and O–H groups in total. The van der Waals surface area contributed by atoms with Gasteiger partial charge >= 0.3 is 0 Å². The quantitative estimate of drug-likeness (QED) is 0.495. The van der Waals surface area contributed by atoms with Crippen molar-refractivity contribution in [3.63, 3.8) is 0 Å². The highest BCUT2D eigenvalue weighted by Gasteiger charge is 2.13. The summed E-state index contributed by atoms with van der Waals surface area (Å²) in [6, 6.07) is 9.43. The number of hydrogen-bond donors (Lipinski definition) is 0. The Bertz CT molecular complexity index is 1220. The van der Waals surface area contributed by atoms with E-state index < -0.39 is 0 Å². The van der Waals surface area contributed by atoms with Crippen molar-refractivity contribution in [2.24, 2.45) is 0 Å². The SMILES string of the molecule is Cc1cc(C)c2nc3sc(=Cc4cccc(Cl)c4Cl)c(=O)n3c2c1. The Labute approximate surface area is 151 Å². The van der Waals surface area contributed by atoms with Crippen molar-refractivity contribution in [1.29, 1.82) is 0 Å². The summed E-state index contributed by atoms with van der Waals surface area (Å²) in [5.74, 6) is 0. The number of hydrogen-bond acceptors (Lipinski definition) is 3. The minimum atomic E-state index is -0.0847. The number of rotatable bonds is 1. The molecule has 0 spiro atoms. The van der Waals surface area contributed by atoms with Crippen LogP contribution in [0.5, 0.6) is 0 Å². The molecular formula is C18H12Cl2N2OS. The van der Waals surface area contributed by atoms with Crippen LogP contribution in [-0.4, -0.2) is 9.38 Å². The molecule has 0 radical (unpaired) electrons. The molecule has 2 aromatic heterocycles. The minimum absolute atomic E-state index is 0.0847. The molecule has 0 aliphatic heterocycles. The molecule has 0 aliphatic carbocycles.